The van der Waals surface area contributed by atoms with Gasteiger partial charge in [-0.05, 0) is 44.4 Å². The second kappa shape index (κ2) is 10.6. The number of rotatable bonds is 9. The predicted molar refractivity (Wildman–Crippen MR) is 94.1 cm³/mol. The molecule has 0 spiro atoms. The Hall–Kier alpha value is -1.18. The maximum atomic E-state index is 12.6. The van der Waals surface area contributed by atoms with Gasteiger partial charge >= 0.3 is 0 Å². The van der Waals surface area contributed by atoms with Gasteiger partial charge in [0.15, 0.2) is 0 Å². The van der Waals surface area contributed by atoms with Crippen molar-refractivity contribution in [3.8, 4) is 0 Å². The fourth-order valence-electron chi connectivity index (χ4n) is 3.19. The third-order valence-electron chi connectivity index (χ3n) is 4.55. The van der Waals surface area contributed by atoms with E-state index in [1.54, 1.807) is 0 Å². The summed E-state index contributed by atoms with van der Waals surface area (Å²) in [6.07, 6.45) is 5.82. The molecule has 0 aliphatic heterocycles. The van der Waals surface area contributed by atoms with Gasteiger partial charge in [0.1, 0.15) is 6.04 Å². The molecular weight excluding hydrogens is 308 g/mol. The summed E-state index contributed by atoms with van der Waals surface area (Å²) in [5, 5.41) is 15.1. The van der Waals surface area contributed by atoms with Crippen molar-refractivity contribution >= 4 is 11.8 Å². The van der Waals surface area contributed by atoms with Gasteiger partial charge in [0.05, 0.1) is 6.04 Å². The molecular formula is C17H34N4O3. The summed E-state index contributed by atoms with van der Waals surface area (Å²) in [6.45, 7) is 3.92. The van der Waals surface area contributed by atoms with Gasteiger partial charge in [0, 0.05) is 18.7 Å². The van der Waals surface area contributed by atoms with Crippen molar-refractivity contribution in [3.63, 3.8) is 0 Å². The Balaban J connectivity index is 2.68. The first-order valence-corrected chi connectivity index (χ1v) is 9.05. The maximum Gasteiger partial charge on any atom is 0.240 e. The molecule has 0 aromatic rings. The number of primary amides is 1. The minimum Gasteiger partial charge on any atom is -0.396 e. The van der Waals surface area contributed by atoms with E-state index in [0.717, 1.165) is 32.1 Å². The van der Waals surface area contributed by atoms with E-state index >= 15 is 0 Å². The monoisotopic (exact) mass is 342 g/mol. The van der Waals surface area contributed by atoms with Crippen molar-refractivity contribution in [1.82, 2.24) is 10.6 Å². The number of nitrogens with one attached hydrogen (secondary N) is 2. The summed E-state index contributed by atoms with van der Waals surface area (Å²) in [4.78, 5) is 24.0. The number of aliphatic hydroxyl groups is 1. The van der Waals surface area contributed by atoms with Crippen LogP contribution in [0.15, 0.2) is 0 Å². The van der Waals surface area contributed by atoms with Crippen molar-refractivity contribution < 1.29 is 14.7 Å². The summed E-state index contributed by atoms with van der Waals surface area (Å²) >= 11 is 0. The molecule has 24 heavy (non-hydrogen) atoms. The minimum absolute atomic E-state index is 0.133. The second-order valence-electron chi connectivity index (χ2n) is 7.29. The zero-order valence-corrected chi connectivity index (χ0v) is 15.0. The Morgan fingerprint density at radius 2 is 1.88 bits per heavy atom. The normalized spacial score (nSPS) is 24.2. The molecule has 7 nitrogen and oxygen atoms in total. The van der Waals surface area contributed by atoms with Gasteiger partial charge < -0.3 is 27.2 Å². The summed E-state index contributed by atoms with van der Waals surface area (Å²) in [7, 11) is 0. The van der Waals surface area contributed by atoms with Crippen molar-refractivity contribution in [2.75, 3.05) is 6.61 Å². The molecule has 2 amide bonds. The van der Waals surface area contributed by atoms with E-state index in [-0.39, 0.29) is 37.1 Å². The third-order valence-corrected chi connectivity index (χ3v) is 4.55. The smallest absolute Gasteiger partial charge is 0.240 e. The molecule has 1 saturated carbocycles. The van der Waals surface area contributed by atoms with Crippen LogP contribution in [0.2, 0.25) is 0 Å². The number of aliphatic hydroxyl groups excluding tert-OH is 1. The molecule has 0 heterocycles. The van der Waals surface area contributed by atoms with E-state index in [0.29, 0.717) is 12.3 Å². The lowest BCUT2D eigenvalue weighted by molar-refractivity contribution is -0.129. The van der Waals surface area contributed by atoms with Gasteiger partial charge in [0.2, 0.25) is 11.8 Å². The van der Waals surface area contributed by atoms with Gasteiger partial charge in [-0.3, -0.25) is 9.59 Å². The molecule has 7 N–H and O–H groups in total. The van der Waals surface area contributed by atoms with E-state index in [2.05, 4.69) is 24.5 Å². The van der Waals surface area contributed by atoms with Crippen LogP contribution in [0.4, 0.5) is 0 Å². The number of hydrogen-bond donors (Lipinski definition) is 5. The van der Waals surface area contributed by atoms with Crippen LogP contribution in [0.5, 0.6) is 0 Å². The third kappa shape index (κ3) is 7.59. The van der Waals surface area contributed by atoms with Crippen LogP contribution in [-0.2, 0) is 9.59 Å². The van der Waals surface area contributed by atoms with E-state index in [9.17, 15) is 9.59 Å². The van der Waals surface area contributed by atoms with Gasteiger partial charge in [-0.1, -0.05) is 20.3 Å². The Morgan fingerprint density at radius 1 is 1.17 bits per heavy atom. The van der Waals surface area contributed by atoms with Crippen LogP contribution in [0, 0.1) is 5.92 Å². The van der Waals surface area contributed by atoms with Gasteiger partial charge in [-0.2, -0.15) is 0 Å². The molecule has 0 aromatic carbocycles. The topological polar surface area (TPSA) is 130 Å². The first-order valence-electron chi connectivity index (χ1n) is 9.05. The largest absolute Gasteiger partial charge is 0.396 e. The number of carbonyl (C=O) groups is 2. The SMILES string of the molecule is CC(C)C[C@H](NC1CCCC(N)CC1)C(=O)N[C@@H](CCO)C(N)=O. The highest BCUT2D eigenvalue weighted by Gasteiger charge is 2.27. The van der Waals surface area contributed by atoms with Gasteiger partial charge in [-0.25, -0.2) is 0 Å². The fraction of sp³-hybridized carbons (Fsp3) is 0.882. The van der Waals surface area contributed by atoms with Crippen LogP contribution in [0.1, 0.15) is 58.8 Å². The first kappa shape index (κ1) is 20.9. The molecule has 0 aromatic heterocycles. The van der Waals surface area contributed by atoms with Crippen LogP contribution < -0.4 is 22.1 Å². The molecule has 1 rings (SSSR count). The summed E-state index contributed by atoms with van der Waals surface area (Å²) in [5.41, 5.74) is 11.3. The number of amides is 2. The van der Waals surface area contributed by atoms with Crippen LogP contribution in [-0.4, -0.2) is 47.7 Å². The molecule has 1 aliphatic carbocycles. The number of nitrogens with two attached hydrogens (primary N) is 2. The Morgan fingerprint density at radius 3 is 2.46 bits per heavy atom. The predicted octanol–water partition coefficient (Wildman–Crippen LogP) is 0.00320. The second-order valence-corrected chi connectivity index (χ2v) is 7.29. The lowest BCUT2D eigenvalue weighted by atomic mass is 9.99. The van der Waals surface area contributed by atoms with E-state index in [1.807, 2.05) is 0 Å². The lowest BCUT2D eigenvalue weighted by Gasteiger charge is -2.27. The van der Waals surface area contributed by atoms with Crippen molar-refractivity contribution in [3.05, 3.63) is 0 Å². The Kier molecular flexibility index (Phi) is 9.25. The molecule has 2 unspecified atom stereocenters. The highest BCUT2D eigenvalue weighted by atomic mass is 16.3. The maximum absolute atomic E-state index is 12.6. The quantitative estimate of drug-likeness (QED) is 0.377. The molecule has 0 saturated heterocycles. The summed E-state index contributed by atoms with van der Waals surface area (Å²) in [5.74, 6) is -0.512. The minimum atomic E-state index is -0.832. The summed E-state index contributed by atoms with van der Waals surface area (Å²) in [6, 6.07) is -0.692. The van der Waals surface area contributed by atoms with Crippen molar-refractivity contribution in [2.24, 2.45) is 17.4 Å². The highest BCUT2D eigenvalue weighted by molar-refractivity contribution is 5.89. The Bertz CT molecular complexity index is 403. The average Bonchev–Trinajstić information content (AvgIpc) is 2.70. The van der Waals surface area contributed by atoms with Crippen LogP contribution >= 0.6 is 0 Å². The van der Waals surface area contributed by atoms with E-state index in [4.69, 9.17) is 16.6 Å². The Labute approximate surface area is 144 Å². The highest BCUT2D eigenvalue weighted by Crippen LogP contribution is 2.18. The van der Waals surface area contributed by atoms with Gasteiger partial charge in [-0.15, -0.1) is 0 Å². The molecule has 1 aliphatic rings. The first-order chi connectivity index (χ1) is 11.3. The molecule has 0 radical (unpaired) electrons. The van der Waals surface area contributed by atoms with Crippen molar-refractivity contribution in [1.29, 1.82) is 0 Å². The molecule has 4 atom stereocenters. The lowest BCUT2D eigenvalue weighted by Crippen LogP contribution is -2.54. The van der Waals surface area contributed by atoms with Crippen LogP contribution in [0.3, 0.4) is 0 Å². The molecule has 140 valence electrons. The number of carbonyl (C=O) groups excluding carboxylic acids is 2. The van der Waals surface area contributed by atoms with E-state index < -0.39 is 11.9 Å². The molecule has 1 fully saturated rings. The van der Waals surface area contributed by atoms with Crippen LogP contribution in [0.25, 0.3) is 0 Å². The number of hydrogen-bond acceptors (Lipinski definition) is 5. The van der Waals surface area contributed by atoms with E-state index in [1.165, 1.54) is 0 Å². The zero-order chi connectivity index (χ0) is 18.1. The molecule has 7 heteroatoms. The van der Waals surface area contributed by atoms with Gasteiger partial charge in [0.25, 0.3) is 0 Å². The average molecular weight is 342 g/mol. The zero-order valence-electron chi connectivity index (χ0n) is 15.0. The van der Waals surface area contributed by atoms with Crippen molar-refractivity contribution in [2.45, 2.75) is 83.0 Å². The molecule has 0 bridgehead atoms. The standard InChI is InChI=1S/C17H34N4O3/c1-11(2)10-15(17(24)21-14(8-9-22)16(19)23)20-13-5-3-4-12(18)6-7-13/h11-15,20,22H,3-10,18H2,1-2H3,(H2,19,23)(H,21,24)/t12?,13?,14-,15-/m0/s1. The summed E-state index contributed by atoms with van der Waals surface area (Å²) < 4.78 is 0. The fourth-order valence-corrected chi connectivity index (χ4v) is 3.19.